The van der Waals surface area contributed by atoms with Gasteiger partial charge >= 0.3 is 0 Å². The van der Waals surface area contributed by atoms with Crippen molar-refractivity contribution in [2.24, 2.45) is 0 Å². The third-order valence-electron chi connectivity index (χ3n) is 4.29. The van der Waals surface area contributed by atoms with Crippen LogP contribution in [0.25, 0.3) is 0 Å². The van der Waals surface area contributed by atoms with E-state index in [9.17, 15) is 9.59 Å². The average Bonchev–Trinajstić information content (AvgIpc) is 2.86. The summed E-state index contributed by atoms with van der Waals surface area (Å²) in [4.78, 5) is 26.3. The third kappa shape index (κ3) is 3.30. The van der Waals surface area contributed by atoms with E-state index in [1.807, 2.05) is 56.3 Å². The predicted molar refractivity (Wildman–Crippen MR) is 99.2 cm³/mol. The van der Waals surface area contributed by atoms with E-state index in [-0.39, 0.29) is 16.8 Å². The van der Waals surface area contributed by atoms with Crippen molar-refractivity contribution in [3.8, 4) is 0 Å². The van der Waals surface area contributed by atoms with Gasteiger partial charge in [0, 0.05) is 6.04 Å². The van der Waals surface area contributed by atoms with Gasteiger partial charge in [0.25, 0.3) is 11.8 Å². The molecule has 0 spiro atoms. The number of benzene rings is 2. The Morgan fingerprint density at radius 1 is 1.00 bits per heavy atom. The van der Waals surface area contributed by atoms with Crippen LogP contribution in [0.4, 0.5) is 5.69 Å². The number of imide groups is 1. The number of aryl methyl sites for hydroxylation is 1. The Morgan fingerprint density at radius 3 is 2.24 bits per heavy atom. The first-order chi connectivity index (χ1) is 12.0. The van der Waals surface area contributed by atoms with Crippen LogP contribution < -0.4 is 10.2 Å². The Hall–Kier alpha value is -2.59. The fraction of sp³-hybridized carbons (Fsp3) is 0.200. The number of rotatable bonds is 5. The van der Waals surface area contributed by atoms with Gasteiger partial charge in [-0.15, -0.1) is 0 Å². The molecule has 2 aromatic rings. The van der Waals surface area contributed by atoms with Crippen LogP contribution in [0.1, 0.15) is 31.0 Å². The molecule has 3 rings (SSSR count). The van der Waals surface area contributed by atoms with Gasteiger partial charge in [-0.3, -0.25) is 9.59 Å². The first kappa shape index (κ1) is 17.2. The summed E-state index contributed by atoms with van der Waals surface area (Å²) in [7, 11) is 0. The highest BCUT2D eigenvalue weighted by atomic mass is 35.5. The topological polar surface area (TPSA) is 49.4 Å². The lowest BCUT2D eigenvalue weighted by molar-refractivity contribution is -0.120. The standard InChI is InChI=1S/C20H19ClN2O2/c1-3-14-9-11-16(12-10-14)23-19(24)17(21)18(20(23)25)22-13(2)15-7-5-4-6-8-15/h4-13,22H,3H2,1-2H3. The summed E-state index contributed by atoms with van der Waals surface area (Å²) in [6, 6.07) is 16.9. The van der Waals surface area contributed by atoms with Gasteiger partial charge in [0.1, 0.15) is 10.7 Å². The summed E-state index contributed by atoms with van der Waals surface area (Å²) >= 11 is 6.16. The van der Waals surface area contributed by atoms with Gasteiger partial charge in [-0.1, -0.05) is 61.0 Å². The van der Waals surface area contributed by atoms with Crippen molar-refractivity contribution >= 4 is 29.1 Å². The van der Waals surface area contributed by atoms with Gasteiger partial charge in [0.15, 0.2) is 0 Å². The first-order valence-corrected chi connectivity index (χ1v) is 8.59. The second-order valence-corrected chi connectivity index (χ2v) is 6.31. The summed E-state index contributed by atoms with van der Waals surface area (Å²) in [5.74, 6) is -0.930. The van der Waals surface area contributed by atoms with Crippen LogP contribution in [0, 0.1) is 0 Å². The SMILES string of the molecule is CCc1ccc(N2C(=O)C(Cl)=C(NC(C)c3ccccc3)C2=O)cc1. The molecule has 0 fully saturated rings. The molecule has 1 aliphatic rings. The Bertz CT molecular complexity index is 829. The molecule has 25 heavy (non-hydrogen) atoms. The highest BCUT2D eigenvalue weighted by Crippen LogP contribution is 2.29. The average molecular weight is 355 g/mol. The van der Waals surface area contributed by atoms with Crippen molar-refractivity contribution < 1.29 is 9.59 Å². The van der Waals surface area contributed by atoms with E-state index in [0.717, 1.165) is 22.4 Å². The lowest BCUT2D eigenvalue weighted by atomic mass is 10.1. The molecule has 5 heteroatoms. The first-order valence-electron chi connectivity index (χ1n) is 8.22. The molecule has 0 saturated carbocycles. The molecule has 0 aliphatic carbocycles. The van der Waals surface area contributed by atoms with Crippen molar-refractivity contribution in [1.29, 1.82) is 0 Å². The second-order valence-electron chi connectivity index (χ2n) is 5.93. The van der Waals surface area contributed by atoms with Crippen LogP contribution in [0.5, 0.6) is 0 Å². The van der Waals surface area contributed by atoms with Gasteiger partial charge in [0.2, 0.25) is 0 Å². The number of hydrogen-bond acceptors (Lipinski definition) is 3. The third-order valence-corrected chi connectivity index (χ3v) is 4.64. The van der Waals surface area contributed by atoms with Crippen molar-refractivity contribution in [2.45, 2.75) is 26.3 Å². The van der Waals surface area contributed by atoms with Crippen LogP contribution >= 0.6 is 11.6 Å². The minimum Gasteiger partial charge on any atom is -0.373 e. The fourth-order valence-electron chi connectivity index (χ4n) is 2.78. The van der Waals surface area contributed by atoms with Gasteiger partial charge in [-0.05, 0) is 36.6 Å². The maximum atomic E-state index is 12.7. The Labute approximate surface area is 152 Å². The number of halogens is 1. The molecular formula is C20H19ClN2O2. The van der Waals surface area contributed by atoms with E-state index in [2.05, 4.69) is 5.32 Å². The smallest absolute Gasteiger partial charge is 0.283 e. The number of nitrogens with one attached hydrogen (secondary N) is 1. The lowest BCUT2D eigenvalue weighted by Crippen LogP contribution is -2.34. The van der Waals surface area contributed by atoms with Crippen LogP contribution in [0.3, 0.4) is 0 Å². The number of anilines is 1. The molecule has 1 unspecified atom stereocenters. The van der Waals surface area contributed by atoms with Crippen LogP contribution in [-0.2, 0) is 16.0 Å². The summed E-state index contributed by atoms with van der Waals surface area (Å²) in [5, 5.41) is 3.01. The zero-order valence-electron chi connectivity index (χ0n) is 14.1. The van der Waals surface area contributed by atoms with Crippen molar-refractivity contribution in [2.75, 3.05) is 4.90 Å². The van der Waals surface area contributed by atoms with E-state index < -0.39 is 11.8 Å². The zero-order chi connectivity index (χ0) is 18.0. The van der Waals surface area contributed by atoms with Crippen LogP contribution in [0.2, 0.25) is 0 Å². The van der Waals surface area contributed by atoms with Crippen molar-refractivity contribution in [1.82, 2.24) is 5.32 Å². The minimum atomic E-state index is -0.501. The molecule has 4 nitrogen and oxygen atoms in total. The Kier molecular flexibility index (Phi) is 4.91. The molecule has 0 radical (unpaired) electrons. The molecular weight excluding hydrogens is 336 g/mol. The quantitative estimate of drug-likeness (QED) is 0.828. The van der Waals surface area contributed by atoms with Gasteiger partial charge in [-0.25, -0.2) is 4.90 Å². The zero-order valence-corrected chi connectivity index (χ0v) is 14.9. The van der Waals surface area contributed by atoms with E-state index >= 15 is 0 Å². The summed E-state index contributed by atoms with van der Waals surface area (Å²) < 4.78 is 0. The maximum absolute atomic E-state index is 12.7. The highest BCUT2D eigenvalue weighted by molar-refractivity contribution is 6.52. The molecule has 128 valence electrons. The van der Waals surface area contributed by atoms with Crippen molar-refractivity contribution in [3.63, 3.8) is 0 Å². The summed E-state index contributed by atoms with van der Waals surface area (Å²) in [5.41, 5.74) is 2.81. The summed E-state index contributed by atoms with van der Waals surface area (Å²) in [6.45, 7) is 3.97. The number of amides is 2. The number of hydrogen-bond donors (Lipinski definition) is 1. The monoisotopic (exact) mass is 354 g/mol. The number of carbonyl (C=O) groups excluding carboxylic acids is 2. The molecule has 1 heterocycles. The number of nitrogens with zero attached hydrogens (tertiary/aromatic N) is 1. The van der Waals surface area contributed by atoms with Gasteiger partial charge < -0.3 is 5.32 Å². The molecule has 2 aromatic carbocycles. The van der Waals surface area contributed by atoms with E-state index in [1.165, 1.54) is 0 Å². The molecule has 2 amide bonds. The number of carbonyl (C=O) groups is 2. The van der Waals surface area contributed by atoms with Crippen LogP contribution in [-0.4, -0.2) is 11.8 Å². The van der Waals surface area contributed by atoms with E-state index in [1.54, 1.807) is 12.1 Å². The Morgan fingerprint density at radius 2 is 1.64 bits per heavy atom. The largest absolute Gasteiger partial charge is 0.373 e. The summed E-state index contributed by atoms with van der Waals surface area (Å²) in [6.07, 6.45) is 0.891. The van der Waals surface area contributed by atoms with Crippen LogP contribution in [0.15, 0.2) is 65.3 Å². The normalized spacial score (nSPS) is 15.7. The molecule has 1 atom stereocenters. The van der Waals surface area contributed by atoms with Gasteiger partial charge in [-0.2, -0.15) is 0 Å². The fourth-order valence-corrected chi connectivity index (χ4v) is 3.00. The minimum absolute atomic E-state index is 0.0765. The van der Waals surface area contributed by atoms with E-state index in [0.29, 0.717) is 5.69 Å². The van der Waals surface area contributed by atoms with E-state index in [4.69, 9.17) is 11.6 Å². The van der Waals surface area contributed by atoms with Crippen molar-refractivity contribution in [3.05, 3.63) is 76.5 Å². The molecule has 1 aliphatic heterocycles. The van der Waals surface area contributed by atoms with Gasteiger partial charge in [0.05, 0.1) is 5.69 Å². The molecule has 0 aromatic heterocycles. The lowest BCUT2D eigenvalue weighted by Gasteiger charge is -2.18. The molecule has 1 N–H and O–H groups in total. The Balaban J connectivity index is 1.83. The highest BCUT2D eigenvalue weighted by Gasteiger charge is 2.39. The second kappa shape index (κ2) is 7.11. The molecule has 0 saturated heterocycles. The maximum Gasteiger partial charge on any atom is 0.283 e. The predicted octanol–water partition coefficient (Wildman–Crippen LogP) is 3.92. The molecule has 0 bridgehead atoms.